The second-order valence-electron chi connectivity index (χ2n) is 6.66. The summed E-state index contributed by atoms with van der Waals surface area (Å²) in [5.74, 6) is 1.59. The highest BCUT2D eigenvalue weighted by Crippen LogP contribution is 2.28. The van der Waals surface area contributed by atoms with Crippen LogP contribution in [0.1, 0.15) is 44.8 Å². The maximum absolute atomic E-state index is 12.4. The first-order valence-electron chi connectivity index (χ1n) is 9.12. The molecule has 0 aromatic carbocycles. The van der Waals surface area contributed by atoms with E-state index in [-0.39, 0.29) is 11.2 Å². The number of carbonyl (C=O) groups is 1. The monoisotopic (exact) mass is 374 g/mol. The van der Waals surface area contributed by atoms with E-state index in [0.29, 0.717) is 6.54 Å². The number of rotatable bonds is 7. The number of carbonyl (C=O) groups excluding carboxylic acids is 1. The predicted molar refractivity (Wildman–Crippen MR) is 103 cm³/mol. The molecular formula is C19H26N4O2S. The Morgan fingerprint density at radius 2 is 2.27 bits per heavy atom. The fourth-order valence-corrected chi connectivity index (χ4v) is 3.94. The summed E-state index contributed by atoms with van der Waals surface area (Å²) < 4.78 is 7.24. The fraction of sp³-hybridized carbons (Fsp3) is 0.526. The molecule has 1 amide bonds. The van der Waals surface area contributed by atoms with Crippen LogP contribution in [-0.4, -0.2) is 32.5 Å². The van der Waals surface area contributed by atoms with Gasteiger partial charge >= 0.3 is 0 Å². The second-order valence-corrected chi connectivity index (χ2v) is 7.97. The van der Waals surface area contributed by atoms with E-state index in [1.807, 2.05) is 31.5 Å². The average Bonchev–Trinajstić information content (AvgIpc) is 3.21. The summed E-state index contributed by atoms with van der Waals surface area (Å²) in [6.45, 7) is 4.50. The minimum atomic E-state index is -0.225. The third-order valence-corrected chi connectivity index (χ3v) is 5.85. The van der Waals surface area contributed by atoms with Crippen LogP contribution in [0.15, 0.2) is 33.6 Å². The number of aromatic nitrogens is 3. The van der Waals surface area contributed by atoms with Crippen molar-refractivity contribution in [3.05, 3.63) is 29.7 Å². The number of hydrogen-bond donors (Lipinski definition) is 1. The number of thioether (sulfide) groups is 1. The number of hydrogen-bond acceptors (Lipinski definition) is 5. The Balaban J connectivity index is 1.53. The van der Waals surface area contributed by atoms with E-state index in [2.05, 4.69) is 21.6 Å². The first-order chi connectivity index (χ1) is 12.6. The molecule has 0 spiro atoms. The molecule has 2 aromatic rings. The largest absolute Gasteiger partial charge is 0.469 e. The molecule has 26 heavy (non-hydrogen) atoms. The number of nitrogens with one attached hydrogen (secondary N) is 1. The fourth-order valence-electron chi connectivity index (χ4n) is 3.10. The summed E-state index contributed by atoms with van der Waals surface area (Å²) >= 11 is 1.42. The third-order valence-electron chi connectivity index (χ3n) is 4.72. The van der Waals surface area contributed by atoms with Crippen LogP contribution >= 0.6 is 11.8 Å². The minimum Gasteiger partial charge on any atom is -0.469 e. The van der Waals surface area contributed by atoms with Crippen molar-refractivity contribution in [3.63, 3.8) is 0 Å². The van der Waals surface area contributed by atoms with Gasteiger partial charge in [0.25, 0.3) is 0 Å². The zero-order chi connectivity index (χ0) is 18.5. The topological polar surface area (TPSA) is 72.9 Å². The van der Waals surface area contributed by atoms with E-state index in [4.69, 9.17) is 4.42 Å². The van der Waals surface area contributed by atoms with E-state index >= 15 is 0 Å². The maximum atomic E-state index is 12.4. The van der Waals surface area contributed by atoms with Gasteiger partial charge in [0.1, 0.15) is 5.76 Å². The van der Waals surface area contributed by atoms with Crippen LogP contribution in [-0.2, 0) is 11.8 Å². The Hall–Kier alpha value is -2.02. The Morgan fingerprint density at radius 3 is 2.96 bits per heavy atom. The SMILES string of the molecule is Cc1occc1-c1nnc(SC(C)C(=O)NCCC2=CCCCC2)n1C. The Kier molecular flexibility index (Phi) is 6.19. The Labute approximate surface area is 158 Å². The number of aryl methyl sites for hydroxylation is 1. The van der Waals surface area contributed by atoms with Gasteiger partial charge in [-0.15, -0.1) is 10.2 Å². The van der Waals surface area contributed by atoms with Gasteiger partial charge < -0.3 is 14.3 Å². The molecule has 1 aliphatic rings. The van der Waals surface area contributed by atoms with Gasteiger partial charge in [-0.1, -0.05) is 23.4 Å². The van der Waals surface area contributed by atoms with Crippen molar-refractivity contribution >= 4 is 17.7 Å². The lowest BCUT2D eigenvalue weighted by atomic mass is 9.97. The number of allylic oxidation sites excluding steroid dienone is 1. The Morgan fingerprint density at radius 1 is 1.42 bits per heavy atom. The molecule has 1 unspecified atom stereocenters. The van der Waals surface area contributed by atoms with Gasteiger partial charge in [-0.2, -0.15) is 0 Å². The summed E-state index contributed by atoms with van der Waals surface area (Å²) in [5.41, 5.74) is 2.40. The highest BCUT2D eigenvalue weighted by atomic mass is 32.2. The number of furan rings is 1. The molecule has 1 N–H and O–H groups in total. The molecule has 0 aliphatic heterocycles. The molecule has 140 valence electrons. The van der Waals surface area contributed by atoms with Crippen LogP contribution in [0.2, 0.25) is 0 Å². The number of amides is 1. The van der Waals surface area contributed by atoms with Crippen molar-refractivity contribution in [2.45, 2.75) is 56.4 Å². The molecule has 0 radical (unpaired) electrons. The van der Waals surface area contributed by atoms with Gasteiger partial charge in [-0.3, -0.25) is 4.79 Å². The summed E-state index contributed by atoms with van der Waals surface area (Å²) in [5, 5.41) is 12.0. The van der Waals surface area contributed by atoms with Crippen molar-refractivity contribution in [1.29, 1.82) is 0 Å². The van der Waals surface area contributed by atoms with E-state index < -0.39 is 0 Å². The zero-order valence-electron chi connectivity index (χ0n) is 15.6. The molecular weight excluding hydrogens is 348 g/mol. The highest BCUT2D eigenvalue weighted by molar-refractivity contribution is 8.00. The molecule has 2 aromatic heterocycles. The van der Waals surface area contributed by atoms with Crippen molar-refractivity contribution in [2.75, 3.05) is 6.54 Å². The zero-order valence-corrected chi connectivity index (χ0v) is 16.4. The van der Waals surface area contributed by atoms with Crippen molar-refractivity contribution in [2.24, 2.45) is 7.05 Å². The van der Waals surface area contributed by atoms with E-state index in [9.17, 15) is 4.79 Å². The van der Waals surface area contributed by atoms with Crippen LogP contribution in [0.4, 0.5) is 0 Å². The summed E-state index contributed by atoms with van der Waals surface area (Å²) in [6, 6.07) is 1.88. The van der Waals surface area contributed by atoms with Gasteiger partial charge in [0.05, 0.1) is 17.1 Å². The van der Waals surface area contributed by atoms with Crippen LogP contribution < -0.4 is 5.32 Å². The molecule has 0 bridgehead atoms. The quantitative estimate of drug-likeness (QED) is 0.588. The van der Waals surface area contributed by atoms with Gasteiger partial charge in [0, 0.05) is 13.6 Å². The van der Waals surface area contributed by atoms with Crippen molar-refractivity contribution < 1.29 is 9.21 Å². The standard InChI is InChI=1S/C19H26N4O2S/c1-13-16(10-12-25-13)17-21-22-19(23(17)3)26-14(2)18(24)20-11-9-15-7-5-4-6-8-15/h7,10,12,14H,4-6,8-9,11H2,1-3H3,(H,20,24). The molecule has 1 aliphatic carbocycles. The summed E-state index contributed by atoms with van der Waals surface area (Å²) in [7, 11) is 1.91. The molecule has 7 heteroatoms. The first-order valence-corrected chi connectivity index (χ1v) is 10.0. The molecule has 0 saturated heterocycles. The third kappa shape index (κ3) is 4.38. The average molecular weight is 375 g/mol. The van der Waals surface area contributed by atoms with Crippen LogP contribution in [0, 0.1) is 6.92 Å². The van der Waals surface area contributed by atoms with Gasteiger partial charge in [-0.05, 0) is 52.0 Å². The van der Waals surface area contributed by atoms with Gasteiger partial charge in [-0.25, -0.2) is 0 Å². The van der Waals surface area contributed by atoms with Crippen LogP contribution in [0.25, 0.3) is 11.4 Å². The summed E-state index contributed by atoms with van der Waals surface area (Å²) in [6.07, 6.45) is 9.85. The van der Waals surface area contributed by atoms with Crippen LogP contribution in [0.5, 0.6) is 0 Å². The predicted octanol–water partition coefficient (Wildman–Crippen LogP) is 3.87. The normalized spacial score (nSPS) is 15.6. The lowest BCUT2D eigenvalue weighted by molar-refractivity contribution is -0.120. The van der Waals surface area contributed by atoms with E-state index in [1.165, 1.54) is 43.0 Å². The van der Waals surface area contributed by atoms with E-state index in [1.54, 1.807) is 6.26 Å². The maximum Gasteiger partial charge on any atom is 0.233 e. The minimum absolute atomic E-state index is 0.0375. The lowest BCUT2D eigenvalue weighted by Gasteiger charge is -2.14. The molecule has 2 heterocycles. The lowest BCUT2D eigenvalue weighted by Crippen LogP contribution is -2.32. The molecule has 0 fully saturated rings. The van der Waals surface area contributed by atoms with Crippen LogP contribution in [0.3, 0.4) is 0 Å². The van der Waals surface area contributed by atoms with Crippen molar-refractivity contribution in [1.82, 2.24) is 20.1 Å². The van der Waals surface area contributed by atoms with Gasteiger partial charge in [0.2, 0.25) is 5.91 Å². The highest BCUT2D eigenvalue weighted by Gasteiger charge is 2.20. The molecule has 1 atom stereocenters. The second kappa shape index (κ2) is 8.58. The van der Waals surface area contributed by atoms with Crippen molar-refractivity contribution in [3.8, 4) is 11.4 Å². The van der Waals surface area contributed by atoms with Gasteiger partial charge in [0.15, 0.2) is 11.0 Å². The van der Waals surface area contributed by atoms with E-state index in [0.717, 1.165) is 28.7 Å². The smallest absolute Gasteiger partial charge is 0.233 e. The Bertz CT molecular complexity index is 793. The number of nitrogens with zero attached hydrogens (tertiary/aromatic N) is 3. The first kappa shape index (κ1) is 18.8. The molecule has 0 saturated carbocycles. The molecule has 3 rings (SSSR count). The summed E-state index contributed by atoms with van der Waals surface area (Å²) in [4.78, 5) is 12.4. The molecule has 6 nitrogen and oxygen atoms in total.